The van der Waals surface area contributed by atoms with Crippen LogP contribution in [0, 0.1) is 20.8 Å². The van der Waals surface area contributed by atoms with Crippen molar-refractivity contribution in [1.82, 2.24) is 0 Å². The Balaban J connectivity index is 2.93. The zero-order chi connectivity index (χ0) is 12.3. The van der Waals surface area contributed by atoms with Crippen LogP contribution in [-0.4, -0.2) is 0 Å². The van der Waals surface area contributed by atoms with Crippen LogP contribution >= 0.6 is 0 Å². The topological polar surface area (TPSA) is 0 Å². The second kappa shape index (κ2) is 5.01. The van der Waals surface area contributed by atoms with Gasteiger partial charge in [-0.25, -0.2) is 0 Å². The van der Waals surface area contributed by atoms with Crippen molar-refractivity contribution >= 4 is 10.8 Å². The van der Waals surface area contributed by atoms with Gasteiger partial charge in [-0.3, -0.25) is 0 Å². The molecule has 0 unspecified atom stereocenters. The fourth-order valence-corrected chi connectivity index (χ4v) is 1.99. The molecule has 0 spiro atoms. The fraction of sp³-hybridized carbons (Fsp3) is 0.176. The lowest BCUT2D eigenvalue weighted by atomic mass is 10.0. The summed E-state index contributed by atoms with van der Waals surface area (Å²) in [5.74, 6) is 0. The van der Waals surface area contributed by atoms with Gasteiger partial charge in [0, 0.05) is 0 Å². The van der Waals surface area contributed by atoms with Crippen LogP contribution in [0.4, 0.5) is 0 Å². The number of hydrogen-bond acceptors (Lipinski definition) is 0. The van der Waals surface area contributed by atoms with Crippen LogP contribution in [0.1, 0.15) is 16.7 Å². The molecule has 0 nitrogen and oxygen atoms in total. The van der Waals surface area contributed by atoms with Gasteiger partial charge in [0.1, 0.15) is 0 Å². The molecule has 86 valence electrons. The Kier molecular flexibility index (Phi) is 3.43. The van der Waals surface area contributed by atoms with Gasteiger partial charge in [-0.1, -0.05) is 60.2 Å². The highest BCUT2D eigenvalue weighted by Gasteiger charge is 1.96. The maximum Gasteiger partial charge on any atom is -0.0152 e. The molecule has 0 atom stereocenters. The van der Waals surface area contributed by atoms with Crippen molar-refractivity contribution in [2.75, 3.05) is 0 Å². The molecule has 0 heterocycles. The Hall–Kier alpha value is -1.82. The van der Waals surface area contributed by atoms with E-state index >= 15 is 0 Å². The summed E-state index contributed by atoms with van der Waals surface area (Å²) in [6.45, 7) is 6.48. The Labute approximate surface area is 103 Å². The predicted octanol–water partition coefficient (Wildman–Crippen LogP) is 4.89. The summed E-state index contributed by atoms with van der Waals surface area (Å²) in [5.41, 5.74) is 3.96. The standard InChI is InChI=1S/C17H18/c1-13-10-11-17-15(3)14(2)8-6-4-5-7-9-16(17)12-13/h4-12H,1-3H3. The van der Waals surface area contributed by atoms with Crippen LogP contribution in [0.25, 0.3) is 10.8 Å². The van der Waals surface area contributed by atoms with Crippen molar-refractivity contribution in [3.8, 4) is 0 Å². The first-order chi connectivity index (χ1) is 8.18. The third kappa shape index (κ3) is 2.65. The number of benzene rings is 1. The highest BCUT2D eigenvalue weighted by Crippen LogP contribution is 2.19. The van der Waals surface area contributed by atoms with E-state index in [1.807, 2.05) is 0 Å². The molecule has 0 aliphatic rings. The van der Waals surface area contributed by atoms with Crippen molar-refractivity contribution in [2.24, 2.45) is 0 Å². The molecule has 0 fully saturated rings. The SMILES string of the molecule is Cc1ccc2c(C)c(C)ccccccc2c1. The highest BCUT2D eigenvalue weighted by atomic mass is 14.0. The molecule has 2 rings (SSSR count). The first kappa shape index (κ1) is 11.7. The molecule has 17 heavy (non-hydrogen) atoms. The monoisotopic (exact) mass is 222 g/mol. The molecule has 2 aromatic carbocycles. The summed E-state index contributed by atoms with van der Waals surface area (Å²) in [4.78, 5) is 0. The van der Waals surface area contributed by atoms with Crippen LogP contribution < -0.4 is 0 Å². The maximum atomic E-state index is 2.24. The summed E-state index contributed by atoms with van der Waals surface area (Å²) < 4.78 is 0. The van der Waals surface area contributed by atoms with Gasteiger partial charge in [0.15, 0.2) is 0 Å². The largest absolute Gasteiger partial charge is 0.0623 e. The Morgan fingerprint density at radius 2 is 1.41 bits per heavy atom. The molecular formula is C17H18. The third-order valence-corrected chi connectivity index (χ3v) is 3.16. The zero-order valence-electron chi connectivity index (χ0n) is 10.7. The van der Waals surface area contributed by atoms with E-state index in [1.54, 1.807) is 0 Å². The van der Waals surface area contributed by atoms with Gasteiger partial charge in [-0.15, -0.1) is 0 Å². The van der Waals surface area contributed by atoms with Crippen LogP contribution in [0.3, 0.4) is 0 Å². The molecule has 0 amide bonds. The zero-order valence-corrected chi connectivity index (χ0v) is 10.7. The molecular weight excluding hydrogens is 204 g/mol. The van der Waals surface area contributed by atoms with Gasteiger partial charge in [0.05, 0.1) is 0 Å². The van der Waals surface area contributed by atoms with Gasteiger partial charge < -0.3 is 0 Å². The van der Waals surface area contributed by atoms with Crippen molar-refractivity contribution in [3.05, 3.63) is 71.3 Å². The molecule has 0 N–H and O–H groups in total. The molecule has 0 saturated heterocycles. The lowest BCUT2D eigenvalue weighted by molar-refractivity contribution is 1.38. The quantitative estimate of drug-likeness (QED) is 0.595. The van der Waals surface area contributed by atoms with E-state index in [-0.39, 0.29) is 0 Å². The summed E-state index contributed by atoms with van der Waals surface area (Å²) in [7, 11) is 0. The minimum Gasteiger partial charge on any atom is -0.0623 e. The van der Waals surface area contributed by atoms with Gasteiger partial charge >= 0.3 is 0 Å². The number of fused-ring (bicyclic) bond motifs is 1. The van der Waals surface area contributed by atoms with Crippen molar-refractivity contribution in [2.45, 2.75) is 20.8 Å². The minimum atomic E-state index is 1.29. The molecule has 0 radical (unpaired) electrons. The maximum absolute atomic E-state index is 2.24. The number of aryl methyl sites for hydroxylation is 3. The molecule has 0 heteroatoms. The highest BCUT2D eigenvalue weighted by molar-refractivity contribution is 5.85. The van der Waals surface area contributed by atoms with Gasteiger partial charge in [-0.2, -0.15) is 0 Å². The van der Waals surface area contributed by atoms with E-state index in [4.69, 9.17) is 0 Å². The molecule has 2 aromatic rings. The lowest BCUT2D eigenvalue weighted by Gasteiger charge is -2.02. The van der Waals surface area contributed by atoms with Gasteiger partial charge in [0.25, 0.3) is 0 Å². The van der Waals surface area contributed by atoms with Crippen molar-refractivity contribution in [3.63, 3.8) is 0 Å². The van der Waals surface area contributed by atoms with E-state index < -0.39 is 0 Å². The van der Waals surface area contributed by atoms with Crippen molar-refractivity contribution in [1.29, 1.82) is 0 Å². The van der Waals surface area contributed by atoms with E-state index in [0.717, 1.165) is 0 Å². The average molecular weight is 222 g/mol. The summed E-state index contributed by atoms with van der Waals surface area (Å²) in [6, 6.07) is 19.3. The Morgan fingerprint density at radius 3 is 2.18 bits per heavy atom. The first-order valence-electron chi connectivity index (χ1n) is 5.98. The second-order valence-electron chi connectivity index (χ2n) is 4.50. The smallest absolute Gasteiger partial charge is 0.0152 e. The molecule has 0 aliphatic carbocycles. The lowest BCUT2D eigenvalue weighted by Crippen LogP contribution is -1.80. The fourth-order valence-electron chi connectivity index (χ4n) is 1.99. The molecule has 0 aliphatic heterocycles. The number of rotatable bonds is 0. The van der Waals surface area contributed by atoms with Crippen LogP contribution in [-0.2, 0) is 0 Å². The third-order valence-electron chi connectivity index (χ3n) is 3.16. The van der Waals surface area contributed by atoms with Crippen LogP contribution in [0.5, 0.6) is 0 Å². The molecule has 0 bridgehead atoms. The summed E-state index contributed by atoms with van der Waals surface area (Å²) >= 11 is 0. The van der Waals surface area contributed by atoms with E-state index in [9.17, 15) is 0 Å². The average Bonchev–Trinajstić information content (AvgIpc) is 2.32. The van der Waals surface area contributed by atoms with Gasteiger partial charge in [0.2, 0.25) is 0 Å². The summed E-state index contributed by atoms with van der Waals surface area (Å²) in [6.07, 6.45) is 0. The van der Waals surface area contributed by atoms with Crippen LogP contribution in [0.15, 0.2) is 54.6 Å². The predicted molar refractivity (Wildman–Crippen MR) is 75.8 cm³/mol. The molecule has 0 saturated carbocycles. The second-order valence-corrected chi connectivity index (χ2v) is 4.50. The van der Waals surface area contributed by atoms with E-state index in [0.29, 0.717) is 0 Å². The Morgan fingerprint density at radius 1 is 0.706 bits per heavy atom. The van der Waals surface area contributed by atoms with E-state index in [1.165, 1.54) is 27.5 Å². The first-order valence-corrected chi connectivity index (χ1v) is 5.98. The minimum absolute atomic E-state index is 1.29. The van der Waals surface area contributed by atoms with Crippen molar-refractivity contribution < 1.29 is 0 Å². The Bertz CT molecular complexity index is 593. The van der Waals surface area contributed by atoms with E-state index in [2.05, 4.69) is 75.4 Å². The number of hydrogen-bond donors (Lipinski definition) is 0. The summed E-state index contributed by atoms with van der Waals surface area (Å²) in [5, 5.41) is 2.62. The van der Waals surface area contributed by atoms with Gasteiger partial charge in [-0.05, 0) is 42.7 Å². The normalized spacial score (nSPS) is 10.1. The molecule has 0 aromatic heterocycles. The van der Waals surface area contributed by atoms with Crippen LogP contribution in [0.2, 0.25) is 0 Å².